The van der Waals surface area contributed by atoms with E-state index in [-0.39, 0.29) is 5.97 Å². The molecular formula is C7H13O2+. The summed E-state index contributed by atoms with van der Waals surface area (Å²) >= 11 is 0. The summed E-state index contributed by atoms with van der Waals surface area (Å²) in [7, 11) is 0. The van der Waals surface area contributed by atoms with Crippen LogP contribution in [0, 0.1) is 5.92 Å². The lowest BCUT2D eigenvalue weighted by molar-refractivity contribution is 0.274. The fraction of sp³-hybridized carbons (Fsp3) is 0.857. The second kappa shape index (κ2) is 2.85. The molecule has 0 saturated carbocycles. The number of esters is 1. The highest BCUT2D eigenvalue weighted by atomic mass is 16.5. The van der Waals surface area contributed by atoms with Crippen LogP contribution in [0.2, 0.25) is 0 Å². The van der Waals surface area contributed by atoms with Gasteiger partial charge in [0.2, 0.25) is 0 Å². The van der Waals surface area contributed by atoms with Gasteiger partial charge in [0, 0.05) is 5.92 Å². The van der Waals surface area contributed by atoms with Gasteiger partial charge < -0.3 is 9.53 Å². The topological polar surface area (TPSA) is 30.6 Å². The van der Waals surface area contributed by atoms with E-state index in [2.05, 4.69) is 6.92 Å². The van der Waals surface area contributed by atoms with Crippen molar-refractivity contribution in [2.75, 3.05) is 6.61 Å². The Morgan fingerprint density at radius 2 is 2.56 bits per heavy atom. The van der Waals surface area contributed by atoms with Crippen LogP contribution in [0.15, 0.2) is 0 Å². The van der Waals surface area contributed by atoms with Crippen molar-refractivity contribution in [1.82, 2.24) is 0 Å². The maximum atomic E-state index is 8.82. The molecule has 9 heavy (non-hydrogen) atoms. The molecule has 1 saturated heterocycles. The summed E-state index contributed by atoms with van der Waals surface area (Å²) in [5.74, 6) is 0.809. The smallest absolute Gasteiger partial charge is 0.339 e. The van der Waals surface area contributed by atoms with Crippen molar-refractivity contribution in [3.05, 3.63) is 0 Å². The predicted molar refractivity (Wildman–Crippen MR) is 35.9 cm³/mol. The van der Waals surface area contributed by atoms with Gasteiger partial charge in [-0.25, -0.2) is 0 Å². The van der Waals surface area contributed by atoms with Gasteiger partial charge in [-0.1, -0.05) is 13.3 Å². The summed E-state index contributed by atoms with van der Waals surface area (Å²) < 4.78 is 4.89. The number of hydrogen-bond donors (Lipinski definition) is 0. The molecule has 0 spiro atoms. The zero-order valence-electron chi connectivity index (χ0n) is 5.76. The van der Waals surface area contributed by atoms with Crippen LogP contribution in [0.5, 0.6) is 0 Å². The first-order chi connectivity index (χ1) is 4.33. The Kier molecular flexibility index (Phi) is 2.09. The Balaban J connectivity index is 2.22. The van der Waals surface area contributed by atoms with Gasteiger partial charge in [-0.3, -0.25) is 0 Å². The summed E-state index contributed by atoms with van der Waals surface area (Å²) in [5.41, 5.74) is 0. The molecule has 0 amide bonds. The zero-order chi connectivity index (χ0) is 6.69. The molecule has 0 aliphatic carbocycles. The number of hydrogen-bond acceptors (Lipinski definition) is 1. The maximum absolute atomic E-state index is 8.82. The largest absolute Gasteiger partial charge is 0.483 e. The van der Waals surface area contributed by atoms with Crippen LogP contribution in [0.25, 0.3) is 0 Å². The Bertz CT molecular complexity index is 109. The fourth-order valence-electron chi connectivity index (χ4n) is 1.17. The second-order valence-electron chi connectivity index (χ2n) is 2.56. The Morgan fingerprint density at radius 1 is 1.78 bits per heavy atom. The van der Waals surface area contributed by atoms with E-state index in [0.717, 1.165) is 13.0 Å². The SMILES string of the molecule is CCC[C@H]1COC(=[OH+])C1. The van der Waals surface area contributed by atoms with Gasteiger partial charge in [-0.15, -0.1) is 0 Å². The minimum absolute atomic E-state index is 0.230. The van der Waals surface area contributed by atoms with Crippen LogP contribution >= 0.6 is 0 Å². The Labute approximate surface area is 55.2 Å². The number of cyclic esters (lactones) is 1. The average molecular weight is 129 g/mol. The van der Waals surface area contributed by atoms with Gasteiger partial charge in [0.15, 0.2) is 6.61 Å². The van der Waals surface area contributed by atoms with Crippen molar-refractivity contribution in [3.8, 4) is 0 Å². The first-order valence-electron chi connectivity index (χ1n) is 3.50. The lowest BCUT2D eigenvalue weighted by Gasteiger charge is -1.95. The highest BCUT2D eigenvalue weighted by molar-refractivity contribution is 5.72. The zero-order valence-corrected chi connectivity index (χ0v) is 5.76. The Morgan fingerprint density at radius 3 is 3.00 bits per heavy atom. The molecule has 0 aromatic rings. The van der Waals surface area contributed by atoms with E-state index in [4.69, 9.17) is 9.53 Å². The molecule has 2 nitrogen and oxygen atoms in total. The molecule has 1 aliphatic heterocycles. The van der Waals surface area contributed by atoms with Gasteiger partial charge in [-0.2, -0.15) is 0 Å². The van der Waals surface area contributed by atoms with Crippen LogP contribution in [-0.2, 0) is 4.74 Å². The maximum Gasteiger partial charge on any atom is 0.483 e. The molecule has 0 bridgehead atoms. The van der Waals surface area contributed by atoms with E-state index in [0.29, 0.717) is 5.92 Å². The summed E-state index contributed by atoms with van der Waals surface area (Å²) in [6.07, 6.45) is 3.11. The van der Waals surface area contributed by atoms with Gasteiger partial charge >= 0.3 is 5.97 Å². The van der Waals surface area contributed by atoms with Crippen LogP contribution in [0.3, 0.4) is 0 Å². The first-order valence-corrected chi connectivity index (χ1v) is 3.50. The highest BCUT2D eigenvalue weighted by Gasteiger charge is 2.30. The molecular weight excluding hydrogens is 116 g/mol. The number of carbonyl (C=O) groups excluding carboxylic acids is 1. The lowest BCUT2D eigenvalue weighted by atomic mass is 10.0. The second-order valence-corrected chi connectivity index (χ2v) is 2.56. The van der Waals surface area contributed by atoms with Gasteiger partial charge in [0.25, 0.3) is 0 Å². The van der Waals surface area contributed by atoms with E-state index in [1.54, 1.807) is 0 Å². The fourth-order valence-corrected chi connectivity index (χ4v) is 1.17. The molecule has 1 rings (SSSR count). The molecule has 1 atom stereocenters. The monoisotopic (exact) mass is 129 g/mol. The van der Waals surface area contributed by atoms with E-state index in [9.17, 15) is 0 Å². The molecule has 1 aliphatic rings. The van der Waals surface area contributed by atoms with E-state index in [1.807, 2.05) is 0 Å². The summed E-state index contributed by atoms with van der Waals surface area (Å²) in [6, 6.07) is 0. The van der Waals surface area contributed by atoms with Crippen molar-refractivity contribution >= 4 is 5.97 Å². The van der Waals surface area contributed by atoms with Crippen LogP contribution in [-0.4, -0.2) is 17.4 Å². The normalized spacial score (nSPS) is 26.3. The molecule has 0 aromatic carbocycles. The van der Waals surface area contributed by atoms with Crippen molar-refractivity contribution in [1.29, 1.82) is 0 Å². The quantitative estimate of drug-likeness (QED) is 0.408. The number of ether oxygens (including phenoxy) is 1. The molecule has 52 valence electrons. The highest BCUT2D eigenvalue weighted by Crippen LogP contribution is 2.18. The first kappa shape index (κ1) is 6.59. The minimum Gasteiger partial charge on any atom is -0.339 e. The third-order valence-corrected chi connectivity index (χ3v) is 1.65. The summed E-state index contributed by atoms with van der Waals surface area (Å²) in [6.45, 7) is 2.87. The van der Waals surface area contributed by atoms with E-state index >= 15 is 0 Å². The average Bonchev–Trinajstić information content (AvgIpc) is 2.17. The van der Waals surface area contributed by atoms with Gasteiger partial charge in [0.1, 0.15) is 6.42 Å². The van der Waals surface area contributed by atoms with Crippen molar-refractivity contribution in [2.24, 2.45) is 5.92 Å². The number of rotatable bonds is 2. The summed E-state index contributed by atoms with van der Waals surface area (Å²) in [5, 5.41) is 0. The molecule has 1 fully saturated rings. The predicted octanol–water partition coefficient (Wildman–Crippen LogP) is 1.33. The third kappa shape index (κ3) is 1.70. The van der Waals surface area contributed by atoms with Crippen molar-refractivity contribution in [3.63, 3.8) is 0 Å². The minimum atomic E-state index is 0.230. The molecule has 1 N–H and O–H groups in total. The van der Waals surface area contributed by atoms with Crippen molar-refractivity contribution in [2.45, 2.75) is 26.2 Å². The lowest BCUT2D eigenvalue weighted by Crippen LogP contribution is -1.96. The van der Waals surface area contributed by atoms with Gasteiger partial charge in [0.05, 0.1) is 0 Å². The molecule has 1 heterocycles. The molecule has 0 aromatic heterocycles. The molecule has 0 unspecified atom stereocenters. The molecule has 0 radical (unpaired) electrons. The standard InChI is InChI=1S/C7H12O2/c1-2-3-6-4-7(8)9-5-6/h6H,2-5H2,1H3/p+1/t6-/m1/s1. The van der Waals surface area contributed by atoms with Crippen molar-refractivity contribution < 1.29 is 9.53 Å². The third-order valence-electron chi connectivity index (χ3n) is 1.65. The van der Waals surface area contributed by atoms with Gasteiger partial charge in [-0.05, 0) is 6.42 Å². The van der Waals surface area contributed by atoms with Crippen LogP contribution in [0.4, 0.5) is 0 Å². The molecule has 2 heteroatoms. The van der Waals surface area contributed by atoms with Crippen LogP contribution in [0.1, 0.15) is 26.2 Å². The van der Waals surface area contributed by atoms with E-state index in [1.165, 1.54) is 12.8 Å². The van der Waals surface area contributed by atoms with E-state index < -0.39 is 0 Å². The Hall–Kier alpha value is -0.530. The van der Waals surface area contributed by atoms with Crippen LogP contribution < -0.4 is 0 Å². The summed E-state index contributed by atoms with van der Waals surface area (Å²) in [4.78, 5) is 8.82.